The van der Waals surface area contributed by atoms with E-state index in [4.69, 9.17) is 10.00 Å². The van der Waals surface area contributed by atoms with Crippen LogP contribution in [0.5, 0.6) is 5.75 Å². The van der Waals surface area contributed by atoms with Gasteiger partial charge in [0, 0.05) is 0 Å². The topological polar surface area (TPSA) is 33.0 Å². The highest BCUT2D eigenvalue weighted by atomic mass is 16.5. The maximum atomic E-state index is 8.89. The Morgan fingerprint density at radius 2 is 2.13 bits per heavy atom. The Kier molecular flexibility index (Phi) is 4.17. The van der Waals surface area contributed by atoms with Gasteiger partial charge >= 0.3 is 0 Å². The van der Waals surface area contributed by atoms with Crippen LogP contribution >= 0.6 is 0 Å². The van der Waals surface area contributed by atoms with Crippen LogP contribution in [0.15, 0.2) is 18.2 Å². The van der Waals surface area contributed by atoms with Crippen molar-refractivity contribution >= 4 is 0 Å². The third-order valence-corrected chi connectivity index (χ3v) is 2.58. The van der Waals surface area contributed by atoms with Crippen molar-refractivity contribution in [3.05, 3.63) is 29.3 Å². The Balaban J connectivity index is 3.02. The molecular formula is C13H17NO. The number of nitriles is 1. The highest BCUT2D eigenvalue weighted by Crippen LogP contribution is 2.25. The van der Waals surface area contributed by atoms with Crippen molar-refractivity contribution in [1.29, 1.82) is 5.26 Å². The molecule has 0 heterocycles. The third-order valence-electron chi connectivity index (χ3n) is 2.58. The molecule has 0 aromatic heterocycles. The van der Waals surface area contributed by atoms with Gasteiger partial charge in [-0.1, -0.05) is 20.3 Å². The minimum atomic E-state index is 0.484. The molecule has 0 N–H and O–H groups in total. The summed E-state index contributed by atoms with van der Waals surface area (Å²) in [6.07, 6.45) is 2.29. The fourth-order valence-electron chi connectivity index (χ4n) is 1.69. The van der Waals surface area contributed by atoms with Crippen LogP contribution in [0.25, 0.3) is 0 Å². The summed E-state index contributed by atoms with van der Waals surface area (Å²) in [5.74, 6) is 1.25. The Labute approximate surface area is 91.5 Å². The van der Waals surface area contributed by atoms with Crippen LogP contribution in [0.2, 0.25) is 0 Å². The number of rotatable bonds is 4. The first-order valence-corrected chi connectivity index (χ1v) is 5.30. The van der Waals surface area contributed by atoms with E-state index >= 15 is 0 Å². The van der Waals surface area contributed by atoms with Gasteiger partial charge in [0.2, 0.25) is 0 Å². The fourth-order valence-corrected chi connectivity index (χ4v) is 1.69. The quantitative estimate of drug-likeness (QED) is 0.750. The first-order valence-electron chi connectivity index (χ1n) is 5.30. The van der Waals surface area contributed by atoms with Gasteiger partial charge in [-0.15, -0.1) is 0 Å². The lowest BCUT2D eigenvalue weighted by Gasteiger charge is -2.12. The molecule has 80 valence electrons. The van der Waals surface area contributed by atoms with E-state index in [0.29, 0.717) is 11.5 Å². The second kappa shape index (κ2) is 5.41. The largest absolute Gasteiger partial charge is 0.497 e. The Morgan fingerprint density at radius 1 is 1.40 bits per heavy atom. The highest BCUT2D eigenvalue weighted by molar-refractivity contribution is 5.41. The van der Waals surface area contributed by atoms with Crippen LogP contribution < -0.4 is 4.74 Å². The van der Waals surface area contributed by atoms with Gasteiger partial charge < -0.3 is 4.74 Å². The molecule has 1 rings (SSSR count). The lowest BCUT2D eigenvalue weighted by atomic mass is 9.95. The van der Waals surface area contributed by atoms with Crippen molar-refractivity contribution in [2.24, 2.45) is 0 Å². The summed E-state index contributed by atoms with van der Waals surface area (Å²) in [4.78, 5) is 0. The lowest BCUT2D eigenvalue weighted by molar-refractivity contribution is 0.413. The second-order valence-corrected chi connectivity index (χ2v) is 3.80. The fraction of sp³-hybridized carbons (Fsp3) is 0.462. The normalized spacial score (nSPS) is 11.9. The molecule has 0 amide bonds. The summed E-state index contributed by atoms with van der Waals surface area (Å²) in [7, 11) is 1.63. The molecule has 15 heavy (non-hydrogen) atoms. The van der Waals surface area contributed by atoms with Crippen LogP contribution in [-0.4, -0.2) is 7.11 Å². The second-order valence-electron chi connectivity index (χ2n) is 3.80. The SMILES string of the molecule is CCCC(C)c1cc(C#N)cc(OC)c1. The van der Waals surface area contributed by atoms with E-state index in [-0.39, 0.29) is 0 Å². The van der Waals surface area contributed by atoms with Crippen LogP contribution in [0.1, 0.15) is 43.7 Å². The molecule has 1 aromatic carbocycles. The molecule has 0 aliphatic rings. The Bertz CT molecular complexity index is 365. The van der Waals surface area contributed by atoms with E-state index in [9.17, 15) is 0 Å². The number of hydrogen-bond acceptors (Lipinski definition) is 2. The van der Waals surface area contributed by atoms with Crippen molar-refractivity contribution in [3.8, 4) is 11.8 Å². The third kappa shape index (κ3) is 2.99. The molecule has 0 aliphatic heterocycles. The highest BCUT2D eigenvalue weighted by Gasteiger charge is 2.07. The zero-order valence-electron chi connectivity index (χ0n) is 9.58. The van der Waals surface area contributed by atoms with Crippen molar-refractivity contribution in [3.63, 3.8) is 0 Å². The summed E-state index contributed by atoms with van der Waals surface area (Å²) in [5, 5.41) is 8.89. The number of methoxy groups -OCH3 is 1. The zero-order chi connectivity index (χ0) is 11.3. The molecule has 0 fully saturated rings. The van der Waals surface area contributed by atoms with Crippen LogP contribution in [0.3, 0.4) is 0 Å². The number of benzene rings is 1. The molecule has 1 aromatic rings. The van der Waals surface area contributed by atoms with E-state index in [0.717, 1.165) is 18.6 Å². The summed E-state index contributed by atoms with van der Waals surface area (Å²) in [5.41, 5.74) is 1.86. The minimum Gasteiger partial charge on any atom is -0.497 e. The Hall–Kier alpha value is -1.49. The van der Waals surface area contributed by atoms with Crippen molar-refractivity contribution in [1.82, 2.24) is 0 Å². The smallest absolute Gasteiger partial charge is 0.120 e. The molecule has 1 atom stereocenters. The van der Waals surface area contributed by atoms with Crippen molar-refractivity contribution in [2.45, 2.75) is 32.6 Å². The average molecular weight is 203 g/mol. The average Bonchev–Trinajstić information content (AvgIpc) is 2.28. The standard InChI is InChI=1S/C13H17NO/c1-4-5-10(2)12-6-11(9-14)7-13(8-12)15-3/h6-8,10H,4-5H2,1-3H3. The molecule has 1 unspecified atom stereocenters. The van der Waals surface area contributed by atoms with Gasteiger partial charge in [0.1, 0.15) is 5.75 Å². The molecule has 0 bridgehead atoms. The predicted molar refractivity (Wildman–Crippen MR) is 61.0 cm³/mol. The van der Waals surface area contributed by atoms with Crippen LogP contribution in [0, 0.1) is 11.3 Å². The Morgan fingerprint density at radius 3 is 2.67 bits per heavy atom. The number of nitrogens with zero attached hydrogens (tertiary/aromatic N) is 1. The van der Waals surface area contributed by atoms with Gasteiger partial charge in [-0.25, -0.2) is 0 Å². The van der Waals surface area contributed by atoms with Gasteiger partial charge in [0.25, 0.3) is 0 Å². The van der Waals surface area contributed by atoms with Crippen LogP contribution in [0.4, 0.5) is 0 Å². The van der Waals surface area contributed by atoms with E-state index < -0.39 is 0 Å². The maximum Gasteiger partial charge on any atom is 0.120 e. The molecule has 0 aliphatic carbocycles. The first-order chi connectivity index (χ1) is 7.21. The summed E-state index contributed by atoms with van der Waals surface area (Å²) >= 11 is 0. The van der Waals surface area contributed by atoms with Gasteiger partial charge in [0.05, 0.1) is 18.7 Å². The zero-order valence-corrected chi connectivity index (χ0v) is 9.58. The minimum absolute atomic E-state index is 0.484. The van der Waals surface area contributed by atoms with E-state index in [1.165, 1.54) is 5.56 Å². The monoisotopic (exact) mass is 203 g/mol. The molecule has 0 radical (unpaired) electrons. The first kappa shape index (κ1) is 11.6. The maximum absolute atomic E-state index is 8.89. The van der Waals surface area contributed by atoms with E-state index in [1.807, 2.05) is 12.1 Å². The number of hydrogen-bond donors (Lipinski definition) is 0. The van der Waals surface area contributed by atoms with Gasteiger partial charge in [-0.2, -0.15) is 5.26 Å². The molecule has 0 saturated heterocycles. The van der Waals surface area contributed by atoms with Crippen LogP contribution in [-0.2, 0) is 0 Å². The lowest BCUT2D eigenvalue weighted by Crippen LogP contribution is -1.95. The van der Waals surface area contributed by atoms with E-state index in [2.05, 4.69) is 19.9 Å². The van der Waals surface area contributed by atoms with Gasteiger partial charge in [-0.05, 0) is 36.1 Å². The summed E-state index contributed by atoms with van der Waals surface area (Å²) in [6.45, 7) is 4.35. The predicted octanol–water partition coefficient (Wildman–Crippen LogP) is 3.47. The van der Waals surface area contributed by atoms with Crippen molar-refractivity contribution < 1.29 is 4.74 Å². The molecule has 2 heteroatoms. The summed E-state index contributed by atoms with van der Waals surface area (Å²) < 4.78 is 5.17. The number of ether oxygens (including phenoxy) is 1. The molecule has 0 saturated carbocycles. The molecule has 2 nitrogen and oxygen atoms in total. The van der Waals surface area contributed by atoms with E-state index in [1.54, 1.807) is 13.2 Å². The van der Waals surface area contributed by atoms with Crippen molar-refractivity contribution in [2.75, 3.05) is 7.11 Å². The summed E-state index contributed by atoms with van der Waals surface area (Å²) in [6, 6.07) is 7.89. The van der Waals surface area contributed by atoms with Gasteiger partial charge in [0.15, 0.2) is 0 Å². The van der Waals surface area contributed by atoms with Gasteiger partial charge in [-0.3, -0.25) is 0 Å². The molecule has 0 spiro atoms. The molecular weight excluding hydrogens is 186 g/mol.